The first-order valence-electron chi connectivity index (χ1n) is 11.9. The quantitative estimate of drug-likeness (QED) is 0.297. The smallest absolute Gasteiger partial charge is 0.215 e. The van der Waals surface area contributed by atoms with E-state index in [0.717, 1.165) is 24.4 Å². The molecule has 6 rings (SSSR count). The van der Waals surface area contributed by atoms with Gasteiger partial charge in [0.25, 0.3) is 0 Å². The third-order valence-electron chi connectivity index (χ3n) is 7.22. The van der Waals surface area contributed by atoms with Gasteiger partial charge < -0.3 is 4.57 Å². The van der Waals surface area contributed by atoms with E-state index < -0.39 is 0 Å². The van der Waals surface area contributed by atoms with Crippen molar-refractivity contribution in [1.82, 2.24) is 9.55 Å². The summed E-state index contributed by atoms with van der Waals surface area (Å²) in [6.45, 7) is 8.95. The van der Waals surface area contributed by atoms with Gasteiger partial charge in [-0.3, -0.25) is 0 Å². The van der Waals surface area contributed by atoms with Crippen LogP contribution >= 0.6 is 0 Å². The Labute approximate surface area is 195 Å². The lowest BCUT2D eigenvalue weighted by Crippen LogP contribution is -2.32. The van der Waals surface area contributed by atoms with Crippen molar-refractivity contribution in [2.75, 3.05) is 0 Å². The summed E-state index contributed by atoms with van der Waals surface area (Å²) in [5, 5.41) is 4.04. The predicted molar refractivity (Wildman–Crippen MR) is 136 cm³/mol. The van der Waals surface area contributed by atoms with Gasteiger partial charge in [-0.05, 0) is 59.7 Å². The number of fused-ring (bicyclic) bond motifs is 6. The molecule has 0 unspecified atom stereocenters. The fourth-order valence-electron chi connectivity index (χ4n) is 5.80. The Kier molecular flexibility index (Phi) is 4.45. The van der Waals surface area contributed by atoms with Gasteiger partial charge in [0.1, 0.15) is 12.9 Å². The Balaban J connectivity index is 1.69. The first-order chi connectivity index (χ1) is 15.9. The maximum atomic E-state index is 4.84. The van der Waals surface area contributed by atoms with Gasteiger partial charge in [0.05, 0.1) is 16.9 Å². The van der Waals surface area contributed by atoms with E-state index in [4.69, 9.17) is 4.98 Å². The van der Waals surface area contributed by atoms with Gasteiger partial charge in [-0.15, -0.1) is 0 Å². The molecule has 5 aromatic rings. The monoisotopic (exact) mass is 432 g/mol. The Morgan fingerprint density at radius 1 is 0.939 bits per heavy atom. The summed E-state index contributed by atoms with van der Waals surface area (Å²) in [5.74, 6) is 1.77. The van der Waals surface area contributed by atoms with Gasteiger partial charge in [0.15, 0.2) is 0 Å². The Morgan fingerprint density at radius 3 is 2.52 bits per heavy atom. The minimum atomic E-state index is 0.634. The van der Waals surface area contributed by atoms with Crippen molar-refractivity contribution in [2.45, 2.75) is 40.5 Å². The van der Waals surface area contributed by atoms with Gasteiger partial charge in [0.2, 0.25) is 11.2 Å². The van der Waals surface area contributed by atoms with Gasteiger partial charge in [-0.2, -0.15) is 4.57 Å². The number of hydrogen-bond donors (Lipinski definition) is 0. The van der Waals surface area contributed by atoms with Crippen molar-refractivity contribution < 1.29 is 4.57 Å². The van der Waals surface area contributed by atoms with Gasteiger partial charge in [-0.1, -0.05) is 50.2 Å². The van der Waals surface area contributed by atoms with Crippen molar-refractivity contribution >= 4 is 21.7 Å². The Bertz CT molecular complexity index is 1570. The average Bonchev–Trinajstić information content (AvgIpc) is 3.32. The highest BCUT2D eigenvalue weighted by Gasteiger charge is 2.31. The van der Waals surface area contributed by atoms with Gasteiger partial charge in [0, 0.05) is 30.1 Å². The van der Waals surface area contributed by atoms with Crippen molar-refractivity contribution in [3.8, 4) is 16.9 Å². The van der Waals surface area contributed by atoms with E-state index in [1.165, 1.54) is 55.3 Å². The van der Waals surface area contributed by atoms with Crippen LogP contribution < -0.4 is 4.57 Å². The van der Waals surface area contributed by atoms with Crippen molar-refractivity contribution in [2.24, 2.45) is 13.0 Å². The van der Waals surface area contributed by atoms with Crippen LogP contribution in [0.4, 0.5) is 0 Å². The van der Waals surface area contributed by atoms with Crippen LogP contribution in [-0.2, 0) is 19.9 Å². The lowest BCUT2D eigenvalue weighted by molar-refractivity contribution is -0.633. The van der Waals surface area contributed by atoms with Crippen LogP contribution in [0.15, 0.2) is 60.8 Å². The second-order valence-electron chi connectivity index (χ2n) is 9.94. The Hall–Kier alpha value is -3.46. The molecule has 0 saturated heterocycles. The first kappa shape index (κ1) is 20.2. The summed E-state index contributed by atoms with van der Waals surface area (Å²) in [4.78, 5) is 4.84. The number of aryl methyl sites for hydroxylation is 3. The standard InChI is InChI=1S/C30H30N3/c1-18(2)15-21-9-8-12-26-23(21)13-14-27(32(26)5)29-20(4)22-10-6-7-11-24(22)25-16-28-31-19(3)17-33(28)30(25)29/h6-14,17-18H,15-16H2,1-5H3/q+1. The van der Waals surface area contributed by atoms with Gasteiger partial charge >= 0.3 is 0 Å². The lowest BCUT2D eigenvalue weighted by atomic mass is 9.90. The highest BCUT2D eigenvalue weighted by Crippen LogP contribution is 2.43. The molecule has 3 heterocycles. The maximum absolute atomic E-state index is 4.84. The third kappa shape index (κ3) is 2.95. The molecule has 2 aromatic heterocycles. The minimum absolute atomic E-state index is 0.634. The van der Waals surface area contributed by atoms with E-state index in [-0.39, 0.29) is 0 Å². The zero-order chi connectivity index (χ0) is 22.9. The highest BCUT2D eigenvalue weighted by atomic mass is 15.1. The maximum Gasteiger partial charge on any atom is 0.215 e. The molecule has 1 aliphatic heterocycles. The molecule has 0 bridgehead atoms. The molecule has 3 heteroatoms. The van der Waals surface area contributed by atoms with Crippen LogP contribution in [0.1, 0.15) is 42.1 Å². The summed E-state index contributed by atoms with van der Waals surface area (Å²) < 4.78 is 4.72. The van der Waals surface area contributed by atoms with E-state index in [1.807, 2.05) is 0 Å². The topological polar surface area (TPSA) is 21.7 Å². The van der Waals surface area contributed by atoms with E-state index in [2.05, 4.69) is 105 Å². The Morgan fingerprint density at radius 2 is 1.73 bits per heavy atom. The molecule has 164 valence electrons. The molecule has 0 fully saturated rings. The van der Waals surface area contributed by atoms with Crippen LogP contribution in [0.2, 0.25) is 0 Å². The fourth-order valence-corrected chi connectivity index (χ4v) is 5.80. The van der Waals surface area contributed by atoms with E-state index in [0.29, 0.717) is 5.92 Å². The van der Waals surface area contributed by atoms with E-state index in [1.54, 1.807) is 0 Å². The molecule has 0 spiro atoms. The largest absolute Gasteiger partial charge is 0.302 e. The van der Waals surface area contributed by atoms with Gasteiger partial charge in [-0.25, -0.2) is 4.98 Å². The zero-order valence-corrected chi connectivity index (χ0v) is 20.1. The number of pyridine rings is 1. The fraction of sp³-hybridized carbons (Fsp3) is 0.267. The number of benzene rings is 3. The average molecular weight is 433 g/mol. The molecule has 0 N–H and O–H groups in total. The predicted octanol–water partition coefficient (Wildman–Crippen LogP) is 6.39. The van der Waals surface area contributed by atoms with Crippen LogP contribution in [0.3, 0.4) is 0 Å². The molecule has 3 aromatic carbocycles. The van der Waals surface area contributed by atoms with Crippen LogP contribution in [0.25, 0.3) is 38.6 Å². The summed E-state index contributed by atoms with van der Waals surface area (Å²) in [5.41, 5.74) is 10.4. The van der Waals surface area contributed by atoms with Crippen molar-refractivity contribution in [1.29, 1.82) is 0 Å². The summed E-state index contributed by atoms with van der Waals surface area (Å²) >= 11 is 0. The van der Waals surface area contributed by atoms with Crippen LogP contribution in [0, 0.1) is 19.8 Å². The molecule has 0 aliphatic carbocycles. The summed E-state index contributed by atoms with van der Waals surface area (Å²) in [7, 11) is 2.22. The molecular weight excluding hydrogens is 402 g/mol. The molecule has 0 atom stereocenters. The minimum Gasteiger partial charge on any atom is -0.302 e. The SMILES string of the molecule is Cc1cn2c(n1)Cc1c-2c(-c2ccc3c(CC(C)C)cccc3[n+]2C)c(C)c2ccccc12. The normalized spacial score (nSPS) is 12.7. The highest BCUT2D eigenvalue weighted by molar-refractivity contribution is 5.99. The molecule has 0 saturated carbocycles. The molecule has 3 nitrogen and oxygen atoms in total. The molecule has 0 radical (unpaired) electrons. The number of nitrogens with zero attached hydrogens (tertiary/aromatic N) is 3. The summed E-state index contributed by atoms with van der Waals surface area (Å²) in [6, 6.07) is 20.2. The lowest BCUT2D eigenvalue weighted by Gasteiger charge is -2.17. The molecular formula is C30H30N3+. The summed E-state index contributed by atoms with van der Waals surface area (Å²) in [6.07, 6.45) is 4.17. The zero-order valence-electron chi connectivity index (χ0n) is 20.1. The molecule has 1 aliphatic rings. The van der Waals surface area contributed by atoms with E-state index in [9.17, 15) is 0 Å². The van der Waals surface area contributed by atoms with E-state index >= 15 is 0 Å². The molecule has 33 heavy (non-hydrogen) atoms. The van der Waals surface area contributed by atoms with Crippen molar-refractivity contribution in [3.63, 3.8) is 0 Å². The number of hydrogen-bond acceptors (Lipinski definition) is 1. The van der Waals surface area contributed by atoms with Crippen LogP contribution in [-0.4, -0.2) is 9.55 Å². The van der Waals surface area contributed by atoms with Crippen molar-refractivity contribution in [3.05, 3.63) is 89.0 Å². The molecule has 0 amide bonds. The third-order valence-corrected chi connectivity index (χ3v) is 7.22. The first-order valence-corrected chi connectivity index (χ1v) is 11.9. The second-order valence-corrected chi connectivity index (χ2v) is 9.94. The second kappa shape index (κ2) is 7.28. The number of imidazole rings is 1. The van der Waals surface area contributed by atoms with Crippen LogP contribution in [0.5, 0.6) is 0 Å². The number of rotatable bonds is 3. The number of aromatic nitrogens is 3.